The molecule has 0 aliphatic carbocycles. The van der Waals surface area contributed by atoms with E-state index in [1.165, 1.54) is 6.07 Å². The summed E-state index contributed by atoms with van der Waals surface area (Å²) in [5, 5.41) is 8.83. The third-order valence-corrected chi connectivity index (χ3v) is 2.84. The first kappa shape index (κ1) is 11.2. The van der Waals surface area contributed by atoms with E-state index in [1.54, 1.807) is 6.92 Å². The van der Waals surface area contributed by atoms with Gasteiger partial charge >= 0.3 is 5.97 Å². The van der Waals surface area contributed by atoms with E-state index in [-0.39, 0.29) is 15.5 Å². The SMILES string of the molecule is Cc1cc(Cl)c(S(=O)O)cc1C(=O)O. The topological polar surface area (TPSA) is 74.6 Å². The Hall–Kier alpha value is -0.910. The van der Waals surface area contributed by atoms with Gasteiger partial charge in [0, 0.05) is 0 Å². The van der Waals surface area contributed by atoms with E-state index in [1.807, 2.05) is 0 Å². The molecule has 0 radical (unpaired) electrons. The Morgan fingerprint density at radius 1 is 1.50 bits per heavy atom. The Labute approximate surface area is 87.8 Å². The second-order valence-corrected chi connectivity index (χ2v) is 4.00. The first-order valence-corrected chi connectivity index (χ1v) is 5.06. The minimum Gasteiger partial charge on any atom is -0.478 e. The molecule has 1 rings (SSSR count). The normalized spacial score (nSPS) is 12.5. The maximum absolute atomic E-state index is 10.7. The van der Waals surface area contributed by atoms with Crippen LogP contribution in [-0.4, -0.2) is 19.8 Å². The molecule has 0 spiro atoms. The van der Waals surface area contributed by atoms with Gasteiger partial charge in [-0.25, -0.2) is 9.00 Å². The van der Waals surface area contributed by atoms with Crippen LogP contribution in [0, 0.1) is 6.92 Å². The highest BCUT2D eigenvalue weighted by atomic mass is 35.5. The molecule has 0 saturated carbocycles. The number of carboxylic acids is 1. The third-order valence-electron chi connectivity index (χ3n) is 1.70. The molecule has 1 unspecified atom stereocenters. The van der Waals surface area contributed by atoms with Gasteiger partial charge in [-0.05, 0) is 24.6 Å². The molecular weight excluding hydrogens is 228 g/mol. The van der Waals surface area contributed by atoms with Crippen molar-refractivity contribution >= 4 is 28.7 Å². The molecule has 0 fully saturated rings. The zero-order chi connectivity index (χ0) is 10.9. The molecule has 0 heterocycles. The number of aromatic carboxylic acids is 1. The van der Waals surface area contributed by atoms with Crippen LogP contribution in [0.15, 0.2) is 17.0 Å². The summed E-state index contributed by atoms with van der Waals surface area (Å²) < 4.78 is 19.5. The first-order chi connectivity index (χ1) is 6.43. The van der Waals surface area contributed by atoms with Crippen molar-refractivity contribution in [1.82, 2.24) is 0 Å². The fraction of sp³-hybridized carbons (Fsp3) is 0.125. The highest BCUT2D eigenvalue weighted by molar-refractivity contribution is 7.79. The van der Waals surface area contributed by atoms with E-state index in [2.05, 4.69) is 0 Å². The average Bonchev–Trinajstić information content (AvgIpc) is 2.02. The van der Waals surface area contributed by atoms with Gasteiger partial charge < -0.3 is 9.66 Å². The van der Waals surface area contributed by atoms with Crippen molar-refractivity contribution in [1.29, 1.82) is 0 Å². The minimum atomic E-state index is -2.27. The van der Waals surface area contributed by atoms with E-state index in [4.69, 9.17) is 21.3 Å². The standard InChI is InChI=1S/C8H7ClO4S/c1-4-2-6(9)7(14(12)13)3-5(4)8(10)11/h2-3H,1H3,(H,10,11)(H,12,13). The maximum Gasteiger partial charge on any atom is 0.335 e. The van der Waals surface area contributed by atoms with Crippen molar-refractivity contribution in [3.05, 3.63) is 28.3 Å². The lowest BCUT2D eigenvalue weighted by molar-refractivity contribution is 0.0696. The quantitative estimate of drug-likeness (QED) is 0.767. The molecule has 0 aromatic heterocycles. The number of benzene rings is 1. The fourth-order valence-electron chi connectivity index (χ4n) is 1.02. The summed E-state index contributed by atoms with van der Waals surface area (Å²) in [6, 6.07) is 2.46. The monoisotopic (exact) mass is 234 g/mol. The molecule has 6 heteroatoms. The van der Waals surface area contributed by atoms with Crippen LogP contribution in [0.5, 0.6) is 0 Å². The molecule has 0 aliphatic heterocycles. The van der Waals surface area contributed by atoms with Crippen LogP contribution in [0.1, 0.15) is 15.9 Å². The zero-order valence-corrected chi connectivity index (χ0v) is 8.72. The van der Waals surface area contributed by atoms with Gasteiger partial charge in [-0.1, -0.05) is 11.6 Å². The van der Waals surface area contributed by atoms with Crippen molar-refractivity contribution in [3.63, 3.8) is 0 Å². The van der Waals surface area contributed by atoms with Gasteiger partial charge in [0.2, 0.25) is 0 Å². The molecular formula is C8H7ClO4S. The van der Waals surface area contributed by atoms with Gasteiger partial charge in [-0.2, -0.15) is 0 Å². The molecule has 2 N–H and O–H groups in total. The summed E-state index contributed by atoms with van der Waals surface area (Å²) in [5.41, 5.74) is 0.434. The Morgan fingerprint density at radius 3 is 2.50 bits per heavy atom. The van der Waals surface area contributed by atoms with Gasteiger partial charge in [-0.15, -0.1) is 0 Å². The summed E-state index contributed by atoms with van der Waals surface area (Å²) in [6.07, 6.45) is 0. The lowest BCUT2D eigenvalue weighted by Crippen LogP contribution is -2.02. The number of halogens is 1. The smallest absolute Gasteiger partial charge is 0.335 e. The third kappa shape index (κ3) is 2.12. The molecule has 76 valence electrons. The van der Waals surface area contributed by atoms with Crippen molar-refractivity contribution in [2.75, 3.05) is 0 Å². The van der Waals surface area contributed by atoms with Crippen molar-refractivity contribution in [2.24, 2.45) is 0 Å². The number of hydrogen-bond acceptors (Lipinski definition) is 2. The number of hydrogen-bond donors (Lipinski definition) is 2. The van der Waals surface area contributed by atoms with Crippen LogP contribution < -0.4 is 0 Å². The van der Waals surface area contributed by atoms with Crippen LogP contribution in [0.2, 0.25) is 5.02 Å². The average molecular weight is 235 g/mol. The summed E-state index contributed by atoms with van der Waals surface area (Å²) in [7, 11) is 0. The lowest BCUT2D eigenvalue weighted by atomic mass is 10.1. The van der Waals surface area contributed by atoms with E-state index >= 15 is 0 Å². The Kier molecular flexibility index (Phi) is 3.25. The number of rotatable bonds is 2. The first-order valence-electron chi connectivity index (χ1n) is 3.57. The molecule has 0 amide bonds. The highest BCUT2D eigenvalue weighted by Gasteiger charge is 2.14. The predicted molar refractivity (Wildman–Crippen MR) is 52.2 cm³/mol. The van der Waals surface area contributed by atoms with Gasteiger partial charge in [-0.3, -0.25) is 0 Å². The molecule has 1 atom stereocenters. The molecule has 1 aromatic carbocycles. The predicted octanol–water partition coefficient (Wildman–Crippen LogP) is 1.93. The van der Waals surface area contributed by atoms with Gasteiger partial charge in [0.25, 0.3) is 0 Å². The van der Waals surface area contributed by atoms with Crippen LogP contribution in [0.3, 0.4) is 0 Å². The highest BCUT2D eigenvalue weighted by Crippen LogP contribution is 2.23. The number of carbonyl (C=O) groups is 1. The van der Waals surface area contributed by atoms with E-state index in [0.717, 1.165) is 6.07 Å². The van der Waals surface area contributed by atoms with Gasteiger partial charge in [0.15, 0.2) is 11.1 Å². The van der Waals surface area contributed by atoms with Crippen LogP contribution >= 0.6 is 11.6 Å². The van der Waals surface area contributed by atoms with E-state index in [0.29, 0.717) is 5.56 Å². The maximum atomic E-state index is 10.7. The lowest BCUT2D eigenvalue weighted by Gasteiger charge is -2.04. The Balaban J connectivity index is 3.42. The van der Waals surface area contributed by atoms with Gasteiger partial charge in [0.1, 0.15) is 0 Å². The van der Waals surface area contributed by atoms with Crippen LogP contribution in [0.25, 0.3) is 0 Å². The summed E-state index contributed by atoms with van der Waals surface area (Å²) in [5.74, 6) is -1.15. The van der Waals surface area contributed by atoms with Crippen molar-refractivity contribution in [2.45, 2.75) is 11.8 Å². The second-order valence-electron chi connectivity index (χ2n) is 2.65. The molecule has 0 bridgehead atoms. The minimum absolute atomic E-state index is 0.0215. The summed E-state index contributed by atoms with van der Waals surface area (Å²) >= 11 is 3.38. The largest absolute Gasteiger partial charge is 0.478 e. The molecule has 0 saturated heterocycles. The Bertz CT molecular complexity index is 381. The molecule has 4 nitrogen and oxygen atoms in total. The van der Waals surface area contributed by atoms with Crippen LogP contribution in [-0.2, 0) is 11.1 Å². The number of carboxylic acid groups (broad SMARTS) is 1. The fourth-order valence-corrected chi connectivity index (χ4v) is 1.88. The summed E-state index contributed by atoms with van der Waals surface area (Å²) in [4.78, 5) is 10.6. The summed E-state index contributed by atoms with van der Waals surface area (Å²) in [6.45, 7) is 1.57. The molecule has 1 aromatic rings. The van der Waals surface area contributed by atoms with Gasteiger partial charge in [0.05, 0.1) is 15.5 Å². The number of aryl methyl sites for hydroxylation is 1. The Morgan fingerprint density at radius 2 is 2.07 bits per heavy atom. The van der Waals surface area contributed by atoms with E-state index in [9.17, 15) is 9.00 Å². The van der Waals surface area contributed by atoms with Crippen molar-refractivity contribution < 1.29 is 18.7 Å². The molecule has 14 heavy (non-hydrogen) atoms. The van der Waals surface area contributed by atoms with Crippen molar-refractivity contribution in [3.8, 4) is 0 Å². The van der Waals surface area contributed by atoms with E-state index < -0.39 is 17.0 Å². The second kappa shape index (κ2) is 4.08. The van der Waals surface area contributed by atoms with Crippen LogP contribution in [0.4, 0.5) is 0 Å². The molecule has 0 aliphatic rings. The zero-order valence-electron chi connectivity index (χ0n) is 7.15.